The van der Waals surface area contributed by atoms with Crippen molar-refractivity contribution in [1.82, 2.24) is 5.32 Å². The van der Waals surface area contributed by atoms with Crippen LogP contribution in [-0.4, -0.2) is 26.0 Å². The van der Waals surface area contributed by atoms with Crippen LogP contribution in [0, 0.1) is 5.92 Å². The molecule has 0 radical (unpaired) electrons. The second-order valence-electron chi connectivity index (χ2n) is 3.95. The Hall–Kier alpha value is -1.42. The van der Waals surface area contributed by atoms with Gasteiger partial charge in [-0.25, -0.2) is 0 Å². The summed E-state index contributed by atoms with van der Waals surface area (Å²) in [7, 11) is 3.18. The highest BCUT2D eigenvalue weighted by Crippen LogP contribution is 2.24. The van der Waals surface area contributed by atoms with Crippen molar-refractivity contribution < 1.29 is 14.3 Å². The van der Waals surface area contributed by atoms with Gasteiger partial charge in [-0.2, -0.15) is 0 Å². The molecule has 0 bridgehead atoms. The SMILES string of the molecule is COc1ccc(CNC(=O)C(C)CCl)c(OC)c1. The summed E-state index contributed by atoms with van der Waals surface area (Å²) in [6.45, 7) is 2.20. The maximum absolute atomic E-state index is 11.6. The van der Waals surface area contributed by atoms with Gasteiger partial charge in [-0.1, -0.05) is 6.92 Å². The smallest absolute Gasteiger partial charge is 0.224 e. The molecular weight excluding hydrogens is 254 g/mol. The van der Waals surface area contributed by atoms with Gasteiger partial charge in [-0.15, -0.1) is 11.6 Å². The summed E-state index contributed by atoms with van der Waals surface area (Å²) in [6.07, 6.45) is 0. The van der Waals surface area contributed by atoms with E-state index in [1.165, 1.54) is 0 Å². The molecule has 1 N–H and O–H groups in total. The number of halogens is 1. The Labute approximate surface area is 112 Å². The molecule has 0 aliphatic carbocycles. The summed E-state index contributed by atoms with van der Waals surface area (Å²) in [5, 5.41) is 2.82. The predicted octanol–water partition coefficient (Wildman–Crippen LogP) is 2.19. The normalized spacial score (nSPS) is 11.8. The third-order valence-electron chi connectivity index (χ3n) is 2.63. The Morgan fingerprint density at radius 3 is 2.67 bits per heavy atom. The largest absolute Gasteiger partial charge is 0.497 e. The monoisotopic (exact) mass is 271 g/mol. The first kappa shape index (κ1) is 14.6. The Morgan fingerprint density at radius 2 is 2.11 bits per heavy atom. The Kier molecular flexibility index (Phi) is 5.78. The molecule has 0 spiro atoms. The van der Waals surface area contributed by atoms with Gasteiger partial charge in [0.25, 0.3) is 0 Å². The zero-order valence-electron chi connectivity index (χ0n) is 10.8. The quantitative estimate of drug-likeness (QED) is 0.807. The van der Waals surface area contributed by atoms with Crippen molar-refractivity contribution >= 4 is 17.5 Å². The second-order valence-corrected chi connectivity index (χ2v) is 4.26. The molecule has 1 aromatic rings. The van der Waals surface area contributed by atoms with Crippen LogP contribution in [0.5, 0.6) is 11.5 Å². The van der Waals surface area contributed by atoms with E-state index in [4.69, 9.17) is 21.1 Å². The molecular formula is C13H18ClNO3. The number of hydrogen-bond donors (Lipinski definition) is 1. The van der Waals surface area contributed by atoms with Gasteiger partial charge >= 0.3 is 0 Å². The third-order valence-corrected chi connectivity index (χ3v) is 3.09. The Morgan fingerprint density at radius 1 is 1.39 bits per heavy atom. The van der Waals surface area contributed by atoms with E-state index in [1.54, 1.807) is 27.2 Å². The van der Waals surface area contributed by atoms with Gasteiger partial charge in [0.05, 0.1) is 14.2 Å². The average Bonchev–Trinajstić information content (AvgIpc) is 2.43. The number of nitrogens with one attached hydrogen (secondary N) is 1. The molecule has 100 valence electrons. The Bertz CT molecular complexity index is 409. The van der Waals surface area contributed by atoms with Crippen LogP contribution in [0.1, 0.15) is 12.5 Å². The van der Waals surface area contributed by atoms with E-state index >= 15 is 0 Å². The van der Waals surface area contributed by atoms with Gasteiger partial charge in [0, 0.05) is 30.0 Å². The summed E-state index contributed by atoms with van der Waals surface area (Å²) < 4.78 is 10.4. The first-order valence-electron chi connectivity index (χ1n) is 5.67. The fourth-order valence-electron chi connectivity index (χ4n) is 1.42. The van der Waals surface area contributed by atoms with Gasteiger partial charge in [-0.05, 0) is 12.1 Å². The number of carbonyl (C=O) groups is 1. The third kappa shape index (κ3) is 3.81. The van der Waals surface area contributed by atoms with Crippen molar-refractivity contribution in [3.8, 4) is 11.5 Å². The van der Waals surface area contributed by atoms with Crippen LogP contribution in [0.25, 0.3) is 0 Å². The minimum Gasteiger partial charge on any atom is -0.497 e. The van der Waals surface area contributed by atoms with Gasteiger partial charge in [0.15, 0.2) is 0 Å². The van der Waals surface area contributed by atoms with E-state index in [9.17, 15) is 4.79 Å². The molecule has 0 aliphatic heterocycles. The maximum atomic E-state index is 11.6. The number of rotatable bonds is 6. The first-order chi connectivity index (χ1) is 8.62. The minimum absolute atomic E-state index is 0.0668. The van der Waals surface area contributed by atoms with E-state index < -0.39 is 0 Å². The van der Waals surface area contributed by atoms with E-state index in [0.29, 0.717) is 18.2 Å². The van der Waals surface area contributed by atoms with Crippen LogP contribution in [0.15, 0.2) is 18.2 Å². The van der Waals surface area contributed by atoms with Crippen molar-refractivity contribution in [1.29, 1.82) is 0 Å². The number of amides is 1. The lowest BCUT2D eigenvalue weighted by molar-refractivity contribution is -0.124. The van der Waals surface area contributed by atoms with Crippen LogP contribution in [-0.2, 0) is 11.3 Å². The first-order valence-corrected chi connectivity index (χ1v) is 6.20. The number of hydrogen-bond acceptors (Lipinski definition) is 3. The average molecular weight is 272 g/mol. The van der Waals surface area contributed by atoms with Crippen LogP contribution in [0.3, 0.4) is 0 Å². The molecule has 0 heterocycles. The van der Waals surface area contributed by atoms with Crippen LogP contribution in [0.4, 0.5) is 0 Å². The van der Waals surface area contributed by atoms with Gasteiger partial charge in [0.2, 0.25) is 5.91 Å². The molecule has 4 nitrogen and oxygen atoms in total. The number of alkyl halides is 1. The summed E-state index contributed by atoms with van der Waals surface area (Å²) in [5.41, 5.74) is 0.897. The van der Waals surface area contributed by atoms with Crippen LogP contribution >= 0.6 is 11.6 Å². The van der Waals surface area contributed by atoms with Crippen molar-refractivity contribution in [3.05, 3.63) is 23.8 Å². The minimum atomic E-state index is -0.198. The zero-order chi connectivity index (χ0) is 13.5. The van der Waals surface area contributed by atoms with Crippen LogP contribution in [0.2, 0.25) is 0 Å². The molecule has 0 saturated carbocycles. The standard InChI is InChI=1S/C13H18ClNO3/c1-9(7-14)13(16)15-8-10-4-5-11(17-2)6-12(10)18-3/h4-6,9H,7-8H2,1-3H3,(H,15,16). The van der Waals surface area contributed by atoms with Crippen molar-refractivity contribution in [3.63, 3.8) is 0 Å². The van der Waals surface area contributed by atoms with Gasteiger partial charge in [0.1, 0.15) is 11.5 Å². The second kappa shape index (κ2) is 7.11. The molecule has 0 aliphatic rings. The molecule has 1 atom stereocenters. The zero-order valence-corrected chi connectivity index (χ0v) is 11.6. The topological polar surface area (TPSA) is 47.6 Å². The molecule has 0 aromatic heterocycles. The fourth-order valence-corrected chi connectivity index (χ4v) is 1.56. The number of benzene rings is 1. The predicted molar refractivity (Wildman–Crippen MR) is 71.3 cm³/mol. The molecule has 0 saturated heterocycles. The lowest BCUT2D eigenvalue weighted by Crippen LogP contribution is -2.29. The van der Waals surface area contributed by atoms with Crippen LogP contribution < -0.4 is 14.8 Å². The highest BCUT2D eigenvalue weighted by molar-refractivity contribution is 6.19. The number of carbonyl (C=O) groups excluding carboxylic acids is 1. The number of ether oxygens (including phenoxy) is 2. The molecule has 1 amide bonds. The maximum Gasteiger partial charge on any atom is 0.224 e. The van der Waals surface area contributed by atoms with E-state index in [0.717, 1.165) is 11.3 Å². The molecule has 0 fully saturated rings. The van der Waals surface area contributed by atoms with Crippen molar-refractivity contribution in [2.24, 2.45) is 5.92 Å². The van der Waals surface area contributed by atoms with Gasteiger partial charge in [-0.3, -0.25) is 4.79 Å². The molecule has 5 heteroatoms. The van der Waals surface area contributed by atoms with E-state index in [-0.39, 0.29) is 11.8 Å². The highest BCUT2D eigenvalue weighted by atomic mass is 35.5. The summed E-state index contributed by atoms with van der Waals surface area (Å²) in [5.74, 6) is 1.45. The lowest BCUT2D eigenvalue weighted by Gasteiger charge is -2.13. The number of methoxy groups -OCH3 is 2. The summed E-state index contributed by atoms with van der Waals surface area (Å²) in [4.78, 5) is 11.6. The lowest BCUT2D eigenvalue weighted by atomic mass is 10.1. The Balaban J connectivity index is 2.70. The summed E-state index contributed by atoms with van der Waals surface area (Å²) >= 11 is 5.62. The van der Waals surface area contributed by atoms with E-state index in [2.05, 4.69) is 5.32 Å². The molecule has 1 rings (SSSR count). The van der Waals surface area contributed by atoms with Crippen molar-refractivity contribution in [2.45, 2.75) is 13.5 Å². The molecule has 18 heavy (non-hydrogen) atoms. The summed E-state index contributed by atoms with van der Waals surface area (Å²) in [6, 6.07) is 5.48. The fraction of sp³-hybridized carbons (Fsp3) is 0.462. The van der Waals surface area contributed by atoms with Crippen molar-refractivity contribution in [2.75, 3.05) is 20.1 Å². The van der Waals surface area contributed by atoms with Gasteiger partial charge < -0.3 is 14.8 Å². The van der Waals surface area contributed by atoms with E-state index in [1.807, 2.05) is 12.1 Å². The highest BCUT2D eigenvalue weighted by Gasteiger charge is 2.12. The molecule has 1 unspecified atom stereocenters. The molecule has 1 aromatic carbocycles.